The molecule has 1 N–H and O–H groups in total. The van der Waals surface area contributed by atoms with Gasteiger partial charge in [0, 0.05) is 24.2 Å². The fraction of sp³-hybridized carbons (Fsp3) is 0.632. The van der Waals surface area contributed by atoms with Gasteiger partial charge in [0.25, 0.3) is 5.91 Å². The first-order valence-electron chi connectivity index (χ1n) is 9.34. The van der Waals surface area contributed by atoms with Crippen LogP contribution in [0.1, 0.15) is 55.8 Å². The fourth-order valence-electron chi connectivity index (χ4n) is 3.86. The molecule has 1 aromatic heterocycles. The summed E-state index contributed by atoms with van der Waals surface area (Å²) in [4.78, 5) is 15.0. The molecule has 1 aromatic carbocycles. The fourth-order valence-corrected chi connectivity index (χ4v) is 3.86. The van der Waals surface area contributed by atoms with Gasteiger partial charge in [-0.3, -0.25) is 4.79 Å². The van der Waals surface area contributed by atoms with Crippen molar-refractivity contribution < 1.29 is 4.79 Å². The highest BCUT2D eigenvalue weighted by Gasteiger charge is 2.33. The van der Waals surface area contributed by atoms with E-state index in [1.807, 2.05) is 29.8 Å². The Morgan fingerprint density at radius 1 is 1.24 bits per heavy atom. The molecule has 2 aromatic rings. The van der Waals surface area contributed by atoms with Crippen molar-refractivity contribution in [2.75, 3.05) is 20.6 Å². The van der Waals surface area contributed by atoms with Crippen molar-refractivity contribution in [1.82, 2.24) is 25.2 Å². The van der Waals surface area contributed by atoms with Crippen molar-refractivity contribution in [2.45, 2.75) is 57.5 Å². The van der Waals surface area contributed by atoms with Crippen LogP contribution in [0.15, 0.2) is 18.2 Å². The van der Waals surface area contributed by atoms with Gasteiger partial charge in [-0.25, -0.2) is 4.68 Å². The van der Waals surface area contributed by atoms with Gasteiger partial charge in [0.15, 0.2) is 0 Å². The number of fused-ring (bicyclic) bond motifs is 1. The molecule has 1 heterocycles. The predicted molar refractivity (Wildman–Crippen MR) is 99.7 cm³/mol. The van der Waals surface area contributed by atoms with Crippen molar-refractivity contribution >= 4 is 16.9 Å². The number of benzene rings is 1. The Morgan fingerprint density at radius 2 is 1.96 bits per heavy atom. The maximum atomic E-state index is 12.7. The summed E-state index contributed by atoms with van der Waals surface area (Å²) in [5.74, 6) is -0.0292. The van der Waals surface area contributed by atoms with Gasteiger partial charge in [0.2, 0.25) is 0 Å². The normalized spacial score (nSPS) is 17.6. The van der Waals surface area contributed by atoms with Gasteiger partial charge in [0.05, 0.1) is 5.52 Å². The Hall–Kier alpha value is -1.95. The van der Waals surface area contributed by atoms with Crippen molar-refractivity contribution in [3.05, 3.63) is 23.8 Å². The number of likely N-dealkylation sites (N-methyl/N-ethyl adjacent to an activating group) is 1. The summed E-state index contributed by atoms with van der Waals surface area (Å²) in [5.41, 5.74) is 2.46. The molecule has 0 atom stereocenters. The van der Waals surface area contributed by atoms with Gasteiger partial charge in [-0.1, -0.05) is 30.9 Å². The van der Waals surface area contributed by atoms with E-state index in [4.69, 9.17) is 0 Å². The van der Waals surface area contributed by atoms with Crippen LogP contribution in [-0.4, -0.2) is 52.0 Å². The summed E-state index contributed by atoms with van der Waals surface area (Å²) in [6.07, 6.45) is 7.36. The minimum Gasteiger partial charge on any atom is -0.350 e. The minimum atomic E-state index is -0.0292. The van der Waals surface area contributed by atoms with Gasteiger partial charge in [-0.15, -0.1) is 5.10 Å². The monoisotopic (exact) mass is 343 g/mol. The highest BCUT2D eigenvalue weighted by molar-refractivity contribution is 5.97. The van der Waals surface area contributed by atoms with Crippen molar-refractivity contribution in [3.8, 4) is 0 Å². The quantitative estimate of drug-likeness (QED) is 0.848. The van der Waals surface area contributed by atoms with Crippen LogP contribution in [0.5, 0.6) is 0 Å². The number of carbonyl (C=O) groups is 1. The average molecular weight is 343 g/mol. The highest BCUT2D eigenvalue weighted by atomic mass is 16.1. The molecule has 25 heavy (non-hydrogen) atoms. The van der Waals surface area contributed by atoms with Gasteiger partial charge in [-0.2, -0.15) is 0 Å². The molecule has 1 amide bonds. The molecule has 0 bridgehead atoms. The van der Waals surface area contributed by atoms with Crippen LogP contribution in [0.4, 0.5) is 0 Å². The Morgan fingerprint density at radius 3 is 2.60 bits per heavy atom. The van der Waals surface area contributed by atoms with E-state index in [2.05, 4.69) is 34.6 Å². The van der Waals surface area contributed by atoms with E-state index in [-0.39, 0.29) is 11.4 Å². The lowest BCUT2D eigenvalue weighted by molar-refractivity contribution is 0.0869. The third kappa shape index (κ3) is 3.68. The molecular formula is C19H29N5O. The smallest absolute Gasteiger partial charge is 0.251 e. The summed E-state index contributed by atoms with van der Waals surface area (Å²) in [5, 5.41) is 11.4. The zero-order chi connectivity index (χ0) is 17.9. The molecule has 1 fully saturated rings. The molecule has 0 spiro atoms. The third-order valence-electron chi connectivity index (χ3n) is 5.64. The van der Waals surface area contributed by atoms with Crippen LogP contribution in [0.3, 0.4) is 0 Å². The Balaban J connectivity index is 1.72. The predicted octanol–water partition coefficient (Wildman–Crippen LogP) is 2.84. The van der Waals surface area contributed by atoms with E-state index in [1.165, 1.54) is 25.7 Å². The van der Waals surface area contributed by atoms with Crippen LogP contribution < -0.4 is 5.32 Å². The average Bonchev–Trinajstić information content (AvgIpc) is 2.87. The van der Waals surface area contributed by atoms with Gasteiger partial charge in [0.1, 0.15) is 5.52 Å². The molecular weight excluding hydrogens is 314 g/mol. The van der Waals surface area contributed by atoms with Gasteiger partial charge >= 0.3 is 0 Å². The maximum Gasteiger partial charge on any atom is 0.251 e. The third-order valence-corrected chi connectivity index (χ3v) is 5.64. The van der Waals surface area contributed by atoms with Crippen LogP contribution in [0.2, 0.25) is 0 Å². The molecule has 1 aliphatic carbocycles. The second kappa shape index (κ2) is 7.52. The Bertz CT molecular complexity index is 728. The number of carbonyl (C=O) groups excluding carboxylic acids is 1. The summed E-state index contributed by atoms with van der Waals surface area (Å²) in [6, 6.07) is 5.63. The number of nitrogens with one attached hydrogen (secondary N) is 1. The van der Waals surface area contributed by atoms with Crippen molar-refractivity contribution in [1.29, 1.82) is 0 Å². The number of hydrogen-bond acceptors (Lipinski definition) is 4. The zero-order valence-electron chi connectivity index (χ0n) is 15.6. The molecule has 6 nitrogen and oxygen atoms in total. The standard InChI is InChI=1S/C19H29N5O/c1-4-24-17-10-9-15(13-16(17)21-22-24)18(25)20-14-19(23(2)3)11-7-5-6-8-12-19/h9-10,13H,4-8,11-12,14H2,1-3H3,(H,20,25). The number of rotatable bonds is 5. The first-order valence-corrected chi connectivity index (χ1v) is 9.34. The molecule has 0 radical (unpaired) electrons. The first kappa shape index (κ1) is 17.9. The molecule has 3 rings (SSSR count). The summed E-state index contributed by atoms with van der Waals surface area (Å²) < 4.78 is 1.84. The second-order valence-electron chi connectivity index (χ2n) is 7.32. The molecule has 0 unspecified atom stereocenters. The number of nitrogens with zero attached hydrogens (tertiary/aromatic N) is 4. The first-order chi connectivity index (χ1) is 12.1. The van der Waals surface area contributed by atoms with Crippen LogP contribution in [-0.2, 0) is 6.54 Å². The Labute approximate surface area is 149 Å². The van der Waals surface area contributed by atoms with Crippen molar-refractivity contribution in [3.63, 3.8) is 0 Å². The van der Waals surface area contributed by atoms with Crippen LogP contribution in [0.25, 0.3) is 11.0 Å². The largest absolute Gasteiger partial charge is 0.350 e. The lowest BCUT2D eigenvalue weighted by Crippen LogP contribution is -2.52. The molecule has 1 saturated carbocycles. The molecule has 136 valence electrons. The topological polar surface area (TPSA) is 63.1 Å². The number of aromatic nitrogens is 3. The Kier molecular flexibility index (Phi) is 5.37. The van der Waals surface area contributed by atoms with E-state index in [9.17, 15) is 4.79 Å². The van der Waals surface area contributed by atoms with E-state index in [0.717, 1.165) is 30.4 Å². The number of hydrogen-bond donors (Lipinski definition) is 1. The van der Waals surface area contributed by atoms with E-state index in [0.29, 0.717) is 12.1 Å². The molecule has 1 aliphatic rings. The second-order valence-corrected chi connectivity index (χ2v) is 7.32. The maximum absolute atomic E-state index is 12.7. The highest BCUT2D eigenvalue weighted by Crippen LogP contribution is 2.30. The van der Waals surface area contributed by atoms with Crippen LogP contribution >= 0.6 is 0 Å². The summed E-state index contributed by atoms with van der Waals surface area (Å²) in [7, 11) is 4.26. The van der Waals surface area contributed by atoms with Gasteiger partial charge < -0.3 is 10.2 Å². The van der Waals surface area contributed by atoms with E-state index in [1.54, 1.807) is 0 Å². The van der Waals surface area contributed by atoms with Crippen molar-refractivity contribution in [2.24, 2.45) is 0 Å². The minimum absolute atomic E-state index is 0.0292. The summed E-state index contributed by atoms with van der Waals surface area (Å²) in [6.45, 7) is 3.49. The number of aryl methyl sites for hydroxylation is 1. The lowest BCUT2D eigenvalue weighted by Gasteiger charge is -2.39. The zero-order valence-corrected chi connectivity index (χ0v) is 15.6. The van der Waals surface area contributed by atoms with Crippen LogP contribution in [0, 0.1) is 0 Å². The van der Waals surface area contributed by atoms with E-state index >= 15 is 0 Å². The number of amides is 1. The molecule has 0 saturated heterocycles. The molecule has 6 heteroatoms. The van der Waals surface area contributed by atoms with Gasteiger partial charge in [-0.05, 0) is 52.1 Å². The SMILES string of the molecule is CCn1nnc2cc(C(=O)NCC3(N(C)C)CCCCCC3)ccc21. The summed E-state index contributed by atoms with van der Waals surface area (Å²) >= 11 is 0. The molecule has 0 aliphatic heterocycles. The lowest BCUT2D eigenvalue weighted by atomic mass is 9.88. The van der Waals surface area contributed by atoms with E-state index < -0.39 is 0 Å².